The Morgan fingerprint density at radius 3 is 2.24 bits per heavy atom. The van der Waals surface area contributed by atoms with Crippen molar-refractivity contribution in [3.8, 4) is 22.9 Å². The number of carbonyl (C=O) groups excluding carboxylic acids is 2. The van der Waals surface area contributed by atoms with E-state index in [1.165, 1.54) is 50.4 Å². The fourth-order valence-corrected chi connectivity index (χ4v) is 4.18. The van der Waals surface area contributed by atoms with Crippen molar-refractivity contribution in [3.05, 3.63) is 65.2 Å². The molecule has 2 aromatic heterocycles. The highest BCUT2D eigenvalue weighted by Crippen LogP contribution is 2.43. The summed E-state index contributed by atoms with van der Waals surface area (Å²) >= 11 is 0. The number of anilines is 1. The molecule has 0 saturated heterocycles. The van der Waals surface area contributed by atoms with Crippen LogP contribution in [0.25, 0.3) is 16.7 Å². The van der Waals surface area contributed by atoms with Crippen molar-refractivity contribution < 1.29 is 28.2 Å². The predicted molar refractivity (Wildman–Crippen MR) is 121 cm³/mol. The highest BCUT2D eigenvalue weighted by atomic mass is 19.1. The number of halogens is 1. The Hall–Kier alpha value is -4.47. The maximum Gasteiger partial charge on any atom is 0.267 e. The number of nitrogens with zero attached hydrogens (tertiary/aromatic N) is 4. The Morgan fingerprint density at radius 2 is 1.62 bits per heavy atom. The van der Waals surface area contributed by atoms with Gasteiger partial charge in [-0.05, 0) is 19.1 Å². The summed E-state index contributed by atoms with van der Waals surface area (Å²) in [7, 11) is 4.34. The molecule has 5 rings (SSSR count). The van der Waals surface area contributed by atoms with E-state index >= 15 is 0 Å². The molecular formula is C24H19FN4O5. The lowest BCUT2D eigenvalue weighted by molar-refractivity contribution is 0.0926. The Morgan fingerprint density at radius 1 is 0.941 bits per heavy atom. The number of methoxy groups -OCH3 is 3. The molecule has 0 radical (unpaired) electrons. The molecule has 4 aromatic rings. The molecule has 0 unspecified atom stereocenters. The SMILES string of the molecule is COc1cc(N2C(=O)c3cnc4c(c(C)nn4-c4ccccc4F)c3C2=O)cc(OC)c1OC. The van der Waals surface area contributed by atoms with Gasteiger partial charge in [0, 0.05) is 18.3 Å². The van der Waals surface area contributed by atoms with E-state index in [1.54, 1.807) is 25.1 Å². The van der Waals surface area contributed by atoms with Crippen LogP contribution < -0.4 is 19.1 Å². The Kier molecular flexibility index (Phi) is 4.93. The van der Waals surface area contributed by atoms with Crippen LogP contribution >= 0.6 is 0 Å². The molecule has 0 saturated carbocycles. The lowest BCUT2D eigenvalue weighted by Crippen LogP contribution is -2.29. The molecule has 9 nitrogen and oxygen atoms in total. The van der Waals surface area contributed by atoms with Crippen LogP contribution in [-0.2, 0) is 0 Å². The number of fused-ring (bicyclic) bond motifs is 3. The van der Waals surface area contributed by atoms with E-state index in [0.29, 0.717) is 28.3 Å². The van der Waals surface area contributed by atoms with Crippen molar-refractivity contribution in [1.82, 2.24) is 14.8 Å². The van der Waals surface area contributed by atoms with Crippen LogP contribution in [0.3, 0.4) is 0 Å². The van der Waals surface area contributed by atoms with Crippen LogP contribution in [-0.4, -0.2) is 47.9 Å². The van der Waals surface area contributed by atoms with E-state index in [4.69, 9.17) is 14.2 Å². The fraction of sp³-hybridized carbons (Fsp3) is 0.167. The zero-order valence-electron chi connectivity index (χ0n) is 18.7. The van der Waals surface area contributed by atoms with E-state index in [-0.39, 0.29) is 28.1 Å². The first-order chi connectivity index (χ1) is 16.4. The molecule has 0 bridgehead atoms. The molecule has 1 aliphatic rings. The third-order valence-electron chi connectivity index (χ3n) is 5.71. The van der Waals surface area contributed by atoms with E-state index in [0.717, 1.165) is 4.90 Å². The first-order valence-electron chi connectivity index (χ1n) is 10.2. The highest BCUT2D eigenvalue weighted by Gasteiger charge is 2.40. The summed E-state index contributed by atoms with van der Waals surface area (Å²) in [5.74, 6) is -0.688. The molecular weight excluding hydrogens is 443 g/mol. The van der Waals surface area contributed by atoms with Gasteiger partial charge in [-0.15, -0.1) is 0 Å². The lowest BCUT2D eigenvalue weighted by Gasteiger charge is -2.18. The second kappa shape index (κ2) is 7.84. The molecule has 34 heavy (non-hydrogen) atoms. The van der Waals surface area contributed by atoms with Gasteiger partial charge in [0.15, 0.2) is 17.1 Å². The third-order valence-corrected chi connectivity index (χ3v) is 5.71. The van der Waals surface area contributed by atoms with Gasteiger partial charge in [-0.3, -0.25) is 9.59 Å². The number of hydrogen-bond donors (Lipinski definition) is 0. The Balaban J connectivity index is 1.70. The van der Waals surface area contributed by atoms with Crippen LogP contribution in [0, 0.1) is 12.7 Å². The summed E-state index contributed by atoms with van der Waals surface area (Å²) < 4.78 is 31.9. The van der Waals surface area contributed by atoms with E-state index in [9.17, 15) is 14.0 Å². The highest BCUT2D eigenvalue weighted by molar-refractivity contribution is 6.37. The molecule has 2 aromatic carbocycles. The summed E-state index contributed by atoms with van der Waals surface area (Å²) in [6.45, 7) is 1.68. The largest absolute Gasteiger partial charge is 0.493 e. The van der Waals surface area contributed by atoms with Gasteiger partial charge < -0.3 is 14.2 Å². The number of para-hydroxylation sites is 1. The number of pyridine rings is 1. The summed E-state index contributed by atoms with van der Waals surface area (Å²) in [5, 5.41) is 4.79. The fourth-order valence-electron chi connectivity index (χ4n) is 4.18. The second-order valence-electron chi connectivity index (χ2n) is 7.52. The minimum Gasteiger partial charge on any atom is -0.493 e. The zero-order chi connectivity index (χ0) is 24.1. The summed E-state index contributed by atoms with van der Waals surface area (Å²) in [6, 6.07) is 9.15. The van der Waals surface area contributed by atoms with Gasteiger partial charge in [-0.2, -0.15) is 5.10 Å². The summed E-state index contributed by atoms with van der Waals surface area (Å²) in [4.78, 5) is 32.3. The van der Waals surface area contributed by atoms with Gasteiger partial charge >= 0.3 is 0 Å². The first kappa shape index (κ1) is 21.4. The number of amides is 2. The van der Waals surface area contributed by atoms with Crippen LogP contribution in [0.5, 0.6) is 17.2 Å². The molecule has 0 spiro atoms. The Bertz CT molecular complexity index is 1470. The molecule has 0 N–H and O–H groups in total. The van der Waals surface area contributed by atoms with Crippen LogP contribution in [0.2, 0.25) is 0 Å². The number of benzene rings is 2. The molecule has 172 valence electrons. The number of rotatable bonds is 5. The summed E-state index contributed by atoms with van der Waals surface area (Å²) in [6.07, 6.45) is 1.31. The minimum absolute atomic E-state index is 0.127. The molecule has 3 heterocycles. The molecule has 0 atom stereocenters. The van der Waals surface area contributed by atoms with Crippen molar-refractivity contribution in [3.63, 3.8) is 0 Å². The quantitative estimate of drug-likeness (QED) is 0.418. The maximum absolute atomic E-state index is 14.5. The predicted octanol–water partition coefficient (Wildman–Crippen LogP) is 3.69. The standard InChI is InChI=1S/C24H19FN4O5/c1-12-19-20-14(11-26-22(19)29(27-12)16-8-6-5-7-15(16)25)23(30)28(24(20)31)13-9-17(32-2)21(34-4)18(10-13)33-3/h5-11H,1-4H3. The molecule has 10 heteroatoms. The Labute approximate surface area is 193 Å². The minimum atomic E-state index is -0.558. The molecule has 0 fully saturated rings. The normalized spacial score (nSPS) is 12.9. The average molecular weight is 462 g/mol. The van der Waals surface area contributed by atoms with Crippen LogP contribution in [0.15, 0.2) is 42.6 Å². The number of ether oxygens (including phenoxy) is 3. The van der Waals surface area contributed by atoms with Crippen LogP contribution in [0.1, 0.15) is 26.4 Å². The topological polar surface area (TPSA) is 95.8 Å². The van der Waals surface area contributed by atoms with Crippen molar-refractivity contribution in [2.24, 2.45) is 0 Å². The van der Waals surface area contributed by atoms with Gasteiger partial charge in [-0.1, -0.05) is 12.1 Å². The number of carbonyl (C=O) groups is 2. The summed E-state index contributed by atoms with van der Waals surface area (Å²) in [5.41, 5.74) is 1.43. The van der Waals surface area contributed by atoms with Crippen molar-refractivity contribution in [2.45, 2.75) is 6.92 Å². The molecule has 1 aliphatic heterocycles. The lowest BCUT2D eigenvalue weighted by atomic mass is 10.1. The van der Waals surface area contributed by atoms with Crippen LogP contribution in [0.4, 0.5) is 10.1 Å². The van der Waals surface area contributed by atoms with Crippen molar-refractivity contribution in [2.75, 3.05) is 26.2 Å². The van der Waals surface area contributed by atoms with Gasteiger partial charge in [0.25, 0.3) is 11.8 Å². The van der Waals surface area contributed by atoms with E-state index in [1.807, 2.05) is 0 Å². The van der Waals surface area contributed by atoms with Gasteiger partial charge in [0.05, 0.1) is 49.2 Å². The zero-order valence-corrected chi connectivity index (χ0v) is 18.7. The number of hydrogen-bond acceptors (Lipinski definition) is 7. The molecule has 0 aliphatic carbocycles. The van der Waals surface area contributed by atoms with Crippen molar-refractivity contribution >= 4 is 28.5 Å². The third kappa shape index (κ3) is 2.92. The van der Waals surface area contributed by atoms with Crippen molar-refractivity contribution in [1.29, 1.82) is 0 Å². The van der Waals surface area contributed by atoms with E-state index < -0.39 is 17.6 Å². The van der Waals surface area contributed by atoms with Gasteiger partial charge in [-0.25, -0.2) is 19.0 Å². The monoisotopic (exact) mass is 462 g/mol. The average Bonchev–Trinajstić information content (AvgIpc) is 3.31. The molecule has 2 amide bonds. The smallest absolute Gasteiger partial charge is 0.267 e. The van der Waals surface area contributed by atoms with Gasteiger partial charge in [0.1, 0.15) is 11.5 Å². The van der Waals surface area contributed by atoms with E-state index in [2.05, 4.69) is 10.1 Å². The number of imide groups is 1. The number of aromatic nitrogens is 3. The number of aryl methyl sites for hydroxylation is 1. The first-order valence-corrected chi connectivity index (χ1v) is 10.2. The van der Waals surface area contributed by atoms with Gasteiger partial charge in [0.2, 0.25) is 5.75 Å². The second-order valence-corrected chi connectivity index (χ2v) is 7.52. The maximum atomic E-state index is 14.5.